The van der Waals surface area contributed by atoms with Gasteiger partial charge in [-0.15, -0.1) is 0 Å². The Morgan fingerprint density at radius 2 is 1.68 bits per heavy atom. The summed E-state index contributed by atoms with van der Waals surface area (Å²) in [7, 11) is 1.57. The van der Waals surface area contributed by atoms with Gasteiger partial charge in [-0.05, 0) is 37.0 Å². The number of aromatic nitrogens is 2. The average molecular weight is 655 g/mol. The molecule has 1 aliphatic carbocycles. The van der Waals surface area contributed by atoms with Crippen LogP contribution >= 0.6 is 0 Å². The number of hydrogen-bond donors (Lipinski definition) is 5. The maximum atomic E-state index is 14.1. The Kier molecular flexibility index (Phi) is 13.0. The molecule has 1 aliphatic heterocycles. The number of ether oxygens (including phenoxy) is 2. The first-order valence-electron chi connectivity index (χ1n) is 16.7. The SMILES string of the molecule is CCN1CC(C(O)C(CC2CCCCC2)NC(=O)C(Cc2cnc[nH]2)NC(=O)C(Cc2ccc(OC)cc2)NC(=O)C(C)C)OC1=O. The van der Waals surface area contributed by atoms with Crippen LogP contribution in [0.1, 0.15) is 70.6 Å². The van der Waals surface area contributed by atoms with Gasteiger partial charge in [-0.2, -0.15) is 0 Å². The van der Waals surface area contributed by atoms with Crippen molar-refractivity contribution in [1.82, 2.24) is 30.8 Å². The van der Waals surface area contributed by atoms with E-state index in [1.165, 1.54) is 11.2 Å². The predicted octanol–water partition coefficient (Wildman–Crippen LogP) is 2.49. The zero-order chi connectivity index (χ0) is 33.9. The minimum absolute atomic E-state index is 0.0965. The van der Waals surface area contributed by atoms with Crippen LogP contribution in [-0.2, 0) is 32.0 Å². The van der Waals surface area contributed by atoms with Crippen LogP contribution in [0.4, 0.5) is 4.79 Å². The number of aliphatic hydroxyl groups is 1. The lowest BCUT2D eigenvalue weighted by molar-refractivity contribution is -0.133. The molecular weight excluding hydrogens is 604 g/mol. The number of aromatic amines is 1. The Morgan fingerprint density at radius 1 is 1.02 bits per heavy atom. The number of benzene rings is 1. The van der Waals surface area contributed by atoms with Crippen molar-refractivity contribution >= 4 is 23.8 Å². The van der Waals surface area contributed by atoms with Crippen molar-refractivity contribution in [3.63, 3.8) is 0 Å². The van der Waals surface area contributed by atoms with E-state index in [0.717, 1.165) is 37.7 Å². The summed E-state index contributed by atoms with van der Waals surface area (Å²) >= 11 is 0. The van der Waals surface area contributed by atoms with Gasteiger partial charge < -0.3 is 40.4 Å². The molecule has 2 fully saturated rings. The second-order valence-electron chi connectivity index (χ2n) is 12.9. The number of hydrogen-bond acceptors (Lipinski definition) is 8. The number of nitrogens with one attached hydrogen (secondary N) is 4. The number of H-pyrrole nitrogens is 1. The molecule has 5 unspecified atom stereocenters. The van der Waals surface area contributed by atoms with Crippen LogP contribution in [0.2, 0.25) is 0 Å². The normalized spacial score (nSPS) is 19.4. The molecule has 1 saturated carbocycles. The van der Waals surface area contributed by atoms with Gasteiger partial charge in [-0.25, -0.2) is 9.78 Å². The van der Waals surface area contributed by atoms with Crippen LogP contribution in [0.25, 0.3) is 0 Å². The molecule has 2 aliphatic rings. The van der Waals surface area contributed by atoms with Crippen molar-refractivity contribution in [2.75, 3.05) is 20.2 Å². The van der Waals surface area contributed by atoms with E-state index in [1.807, 2.05) is 19.1 Å². The molecule has 13 nitrogen and oxygen atoms in total. The Bertz CT molecular complexity index is 1310. The van der Waals surface area contributed by atoms with Gasteiger partial charge in [-0.1, -0.05) is 58.1 Å². The molecule has 1 saturated heterocycles. The van der Waals surface area contributed by atoms with Crippen LogP contribution < -0.4 is 20.7 Å². The van der Waals surface area contributed by atoms with Crippen LogP contribution in [0.15, 0.2) is 36.8 Å². The number of amides is 4. The van der Waals surface area contributed by atoms with Crippen LogP contribution in [0, 0.1) is 11.8 Å². The van der Waals surface area contributed by atoms with Crippen LogP contribution in [0.5, 0.6) is 5.75 Å². The average Bonchev–Trinajstić information content (AvgIpc) is 3.73. The number of carbonyl (C=O) groups is 4. The van der Waals surface area contributed by atoms with Crippen molar-refractivity contribution in [2.45, 2.75) is 102 Å². The summed E-state index contributed by atoms with van der Waals surface area (Å²) in [6, 6.07) is 4.47. The zero-order valence-electron chi connectivity index (χ0n) is 27.9. The molecule has 258 valence electrons. The monoisotopic (exact) mass is 654 g/mol. The third-order valence-corrected chi connectivity index (χ3v) is 9.09. The number of aliphatic hydroxyl groups excluding tert-OH is 1. The fourth-order valence-corrected chi connectivity index (χ4v) is 6.22. The topological polar surface area (TPSA) is 175 Å². The van der Waals surface area contributed by atoms with E-state index in [2.05, 4.69) is 25.9 Å². The molecule has 4 rings (SSSR count). The molecule has 5 N–H and O–H groups in total. The molecule has 0 bridgehead atoms. The van der Waals surface area contributed by atoms with Crippen molar-refractivity contribution in [3.05, 3.63) is 48.0 Å². The summed E-state index contributed by atoms with van der Waals surface area (Å²) in [5.41, 5.74) is 1.42. The van der Waals surface area contributed by atoms with Gasteiger partial charge in [0, 0.05) is 37.2 Å². The van der Waals surface area contributed by atoms with Gasteiger partial charge in [0.1, 0.15) is 30.0 Å². The predicted molar refractivity (Wildman–Crippen MR) is 174 cm³/mol. The third-order valence-electron chi connectivity index (χ3n) is 9.09. The van der Waals surface area contributed by atoms with Crippen molar-refractivity contribution < 1.29 is 33.8 Å². The summed E-state index contributed by atoms with van der Waals surface area (Å²) in [6.07, 6.45) is 6.75. The molecule has 13 heteroatoms. The smallest absolute Gasteiger partial charge is 0.410 e. The first-order chi connectivity index (χ1) is 22.6. The van der Waals surface area contributed by atoms with Gasteiger partial charge in [0.05, 0.1) is 26.0 Å². The summed E-state index contributed by atoms with van der Waals surface area (Å²) in [4.78, 5) is 61.5. The molecule has 47 heavy (non-hydrogen) atoms. The molecule has 2 aromatic rings. The van der Waals surface area contributed by atoms with Crippen molar-refractivity contribution in [1.29, 1.82) is 0 Å². The Morgan fingerprint density at radius 3 is 2.28 bits per heavy atom. The summed E-state index contributed by atoms with van der Waals surface area (Å²) in [6.45, 7) is 6.00. The maximum absolute atomic E-state index is 14.1. The molecule has 1 aromatic heterocycles. The van der Waals surface area contributed by atoms with E-state index < -0.39 is 48.2 Å². The first-order valence-corrected chi connectivity index (χ1v) is 16.7. The minimum Gasteiger partial charge on any atom is -0.497 e. The summed E-state index contributed by atoms with van der Waals surface area (Å²) < 4.78 is 10.7. The number of likely N-dealkylation sites (N-methyl/N-ethyl adjacent to an activating group) is 1. The largest absolute Gasteiger partial charge is 0.497 e. The minimum atomic E-state index is -1.14. The Labute approximate surface area is 276 Å². The number of nitrogens with zero attached hydrogens (tertiary/aromatic N) is 2. The second kappa shape index (κ2) is 17.1. The Balaban J connectivity index is 1.55. The van der Waals surface area contributed by atoms with Gasteiger partial charge in [0.25, 0.3) is 0 Å². The van der Waals surface area contributed by atoms with E-state index in [1.54, 1.807) is 39.3 Å². The number of carbonyl (C=O) groups excluding carboxylic acids is 4. The molecule has 5 atom stereocenters. The lowest BCUT2D eigenvalue weighted by atomic mass is 9.83. The van der Waals surface area contributed by atoms with Crippen molar-refractivity contribution in [2.24, 2.45) is 11.8 Å². The highest BCUT2D eigenvalue weighted by atomic mass is 16.6. The molecule has 1 aromatic carbocycles. The van der Waals surface area contributed by atoms with Gasteiger partial charge >= 0.3 is 6.09 Å². The zero-order valence-corrected chi connectivity index (χ0v) is 27.9. The molecule has 2 heterocycles. The third kappa shape index (κ3) is 10.2. The lowest BCUT2D eigenvalue weighted by Crippen LogP contribution is -2.58. The van der Waals surface area contributed by atoms with Gasteiger partial charge in [-0.3, -0.25) is 14.4 Å². The highest BCUT2D eigenvalue weighted by molar-refractivity contribution is 5.92. The molecular formula is C34H50N6O7. The molecule has 0 radical (unpaired) electrons. The van der Waals surface area contributed by atoms with Crippen LogP contribution in [0.3, 0.4) is 0 Å². The Hall–Kier alpha value is -4.13. The summed E-state index contributed by atoms with van der Waals surface area (Å²) in [5.74, 6) is -0.720. The number of rotatable bonds is 16. The van der Waals surface area contributed by atoms with Gasteiger partial charge in [0.15, 0.2) is 0 Å². The van der Waals surface area contributed by atoms with Crippen molar-refractivity contribution in [3.8, 4) is 5.75 Å². The molecule has 0 spiro atoms. The first kappa shape index (κ1) is 35.7. The fourth-order valence-electron chi connectivity index (χ4n) is 6.22. The quantitative estimate of drug-likeness (QED) is 0.184. The standard InChI is InChI=1S/C34H50N6O7/c1-5-40-19-29(47-34(40)45)30(41)26(15-22-9-7-6-8-10-22)37-33(44)28(17-24-18-35-20-36-24)39-32(43)27(38-31(42)21(2)3)16-23-11-13-25(46-4)14-12-23/h11-14,18,20-22,26-30,41H,5-10,15-17,19H2,1-4H3,(H,35,36)(H,37,44)(H,38,42)(H,39,43). The highest BCUT2D eigenvalue weighted by Crippen LogP contribution is 2.29. The van der Waals surface area contributed by atoms with E-state index in [9.17, 15) is 24.3 Å². The second-order valence-corrected chi connectivity index (χ2v) is 12.9. The summed E-state index contributed by atoms with van der Waals surface area (Å²) in [5, 5.41) is 20.2. The van der Waals surface area contributed by atoms with Gasteiger partial charge in [0.2, 0.25) is 17.7 Å². The molecule has 4 amide bonds. The number of imidazole rings is 1. The van der Waals surface area contributed by atoms with E-state index in [4.69, 9.17) is 9.47 Å². The fraction of sp³-hybridized carbons (Fsp3) is 0.618. The van der Waals surface area contributed by atoms with E-state index >= 15 is 0 Å². The van der Waals surface area contributed by atoms with E-state index in [0.29, 0.717) is 30.3 Å². The number of methoxy groups -OCH3 is 1. The maximum Gasteiger partial charge on any atom is 0.410 e. The number of cyclic esters (lactones) is 1. The highest BCUT2D eigenvalue weighted by Gasteiger charge is 2.41. The van der Waals surface area contributed by atoms with Crippen LogP contribution in [-0.4, -0.2) is 94.3 Å². The lowest BCUT2D eigenvalue weighted by Gasteiger charge is -2.33. The van der Waals surface area contributed by atoms with E-state index in [-0.39, 0.29) is 31.2 Å².